The van der Waals surface area contributed by atoms with Crippen LogP contribution < -0.4 is 15.6 Å². The minimum Gasteiger partial charge on any atom is -0.478 e. The van der Waals surface area contributed by atoms with Crippen molar-refractivity contribution in [3.63, 3.8) is 0 Å². The first-order chi connectivity index (χ1) is 19.4. The number of carboxylic acids is 2. The molecule has 3 aromatic rings. The Hall–Kier alpha value is -4.15. The number of halogens is 1. The Kier molecular flexibility index (Phi) is 7.39. The predicted octanol–water partition coefficient (Wildman–Crippen LogP) is 0.942. The highest BCUT2D eigenvalue weighted by molar-refractivity contribution is 8.00. The fourth-order valence-electron chi connectivity index (χ4n) is 4.23. The van der Waals surface area contributed by atoms with Crippen LogP contribution in [0.15, 0.2) is 52.5 Å². The van der Waals surface area contributed by atoms with Gasteiger partial charge in [-0.25, -0.2) is 23.5 Å². The molecule has 0 spiro atoms. The summed E-state index contributed by atoms with van der Waals surface area (Å²) in [4.78, 5) is 60.5. The molecule has 0 unspecified atom stereocenters. The van der Waals surface area contributed by atoms with E-state index in [2.05, 4.69) is 15.5 Å². The third-order valence-electron chi connectivity index (χ3n) is 6.38. The Morgan fingerprint density at radius 2 is 2.10 bits per heavy atom. The Bertz CT molecular complexity index is 1660. The number of carboxylic acid groups (broad SMARTS) is 2. The Morgan fingerprint density at radius 3 is 2.76 bits per heavy atom. The van der Waals surface area contributed by atoms with Crippen LogP contribution >= 0.6 is 34.7 Å². The number of oxime groups is 1. The summed E-state index contributed by atoms with van der Waals surface area (Å²) in [5, 5.41) is 27.1. The lowest BCUT2D eigenvalue weighted by molar-refractivity contribution is -0.662. The number of amides is 2. The first-order valence-corrected chi connectivity index (χ1v) is 14.3. The summed E-state index contributed by atoms with van der Waals surface area (Å²) in [5.74, 6) is -3.77. The van der Waals surface area contributed by atoms with Crippen LogP contribution in [0.5, 0.6) is 0 Å². The molecule has 2 amide bonds. The van der Waals surface area contributed by atoms with Gasteiger partial charge in [-0.3, -0.25) is 14.5 Å². The summed E-state index contributed by atoms with van der Waals surface area (Å²) in [5.41, 5.74) is 4.73. The van der Waals surface area contributed by atoms with Crippen molar-refractivity contribution in [1.29, 1.82) is 0 Å². The molecule has 2 atom stereocenters. The zero-order chi connectivity index (χ0) is 29.6. The number of nitrogens with two attached hydrogens (primary N) is 1. The minimum atomic E-state index is -1.76. The lowest BCUT2D eigenvalue weighted by atomic mass is 10.0. The van der Waals surface area contributed by atoms with Gasteiger partial charge in [-0.15, -0.1) is 23.1 Å². The molecule has 0 radical (unpaired) electrons. The molecule has 0 aromatic carbocycles. The number of nitrogens with zero attached hydrogens (tertiary/aromatic N) is 5. The normalized spacial score (nSPS) is 19.1. The molecule has 41 heavy (non-hydrogen) atoms. The van der Waals surface area contributed by atoms with Crippen LogP contribution in [0.1, 0.15) is 19.5 Å². The minimum absolute atomic E-state index is 0.0256. The van der Waals surface area contributed by atoms with Crippen molar-refractivity contribution in [3.8, 4) is 0 Å². The predicted molar refractivity (Wildman–Crippen MR) is 148 cm³/mol. The van der Waals surface area contributed by atoms with E-state index in [1.807, 2.05) is 4.57 Å². The number of anilines is 1. The fraction of sp³-hybridized carbons (Fsp3) is 0.292. The number of nitrogens with one attached hydrogen (secondary N) is 1. The van der Waals surface area contributed by atoms with E-state index in [9.17, 15) is 29.4 Å². The quantitative estimate of drug-likeness (QED) is 0.116. The van der Waals surface area contributed by atoms with Gasteiger partial charge < -0.3 is 26.1 Å². The standard InChI is InChI=1S/C24H22ClN7O7S2/c1-24(2,22(37)38)39-29-15(13-10-41-23(26)27-13)18(33)28-16-19(34)32-17(21(35)36)11(9-40-20(16)32)7-30-5-6-31-8-12(25)3-4-14(30)31/h3-6,8,10,16,20H,7,9H2,1-2H3,(H4-,26,27,28,33,35,36,37,38)/p+1/b29-15-/t16-,20+/m1/s1. The van der Waals surface area contributed by atoms with Crippen LogP contribution in [-0.2, 0) is 30.6 Å². The second-order valence-corrected chi connectivity index (χ2v) is 12.0. The van der Waals surface area contributed by atoms with E-state index >= 15 is 0 Å². The van der Waals surface area contributed by atoms with Crippen molar-refractivity contribution in [2.75, 3.05) is 11.5 Å². The van der Waals surface area contributed by atoms with E-state index in [0.717, 1.165) is 21.9 Å². The van der Waals surface area contributed by atoms with Crippen LogP contribution in [0.3, 0.4) is 0 Å². The van der Waals surface area contributed by atoms with E-state index in [-0.39, 0.29) is 28.8 Å². The summed E-state index contributed by atoms with van der Waals surface area (Å²) in [6.45, 7) is 2.72. The molecule has 5 N–H and O–H groups in total. The maximum Gasteiger partial charge on any atom is 0.352 e. The van der Waals surface area contributed by atoms with Gasteiger partial charge in [0.25, 0.3) is 17.5 Å². The van der Waals surface area contributed by atoms with Crippen LogP contribution in [0.2, 0.25) is 5.02 Å². The number of carbonyl (C=O) groups excluding carboxylic acids is 2. The molecule has 1 fully saturated rings. The van der Waals surface area contributed by atoms with Crippen molar-refractivity contribution in [1.82, 2.24) is 19.6 Å². The van der Waals surface area contributed by atoms with E-state index in [1.165, 1.54) is 31.0 Å². The van der Waals surface area contributed by atoms with Gasteiger partial charge >= 0.3 is 11.9 Å². The van der Waals surface area contributed by atoms with Crippen molar-refractivity contribution in [2.45, 2.75) is 37.4 Å². The van der Waals surface area contributed by atoms with Gasteiger partial charge in [0.05, 0.1) is 5.02 Å². The highest BCUT2D eigenvalue weighted by Gasteiger charge is 2.54. The van der Waals surface area contributed by atoms with Crippen molar-refractivity contribution < 1.29 is 38.8 Å². The van der Waals surface area contributed by atoms with Gasteiger partial charge in [0, 0.05) is 22.8 Å². The molecular weight excluding hydrogens is 598 g/mol. The number of nitrogen functional groups attached to an aromatic ring is 1. The number of aliphatic carboxylic acids is 2. The van der Waals surface area contributed by atoms with Crippen molar-refractivity contribution >= 4 is 74.9 Å². The third-order valence-corrected chi connectivity index (χ3v) is 8.61. The fourth-order valence-corrected chi connectivity index (χ4v) is 6.28. The Balaban J connectivity index is 1.37. The Morgan fingerprint density at radius 1 is 1.34 bits per heavy atom. The summed E-state index contributed by atoms with van der Waals surface area (Å²) < 4.78 is 3.65. The molecule has 5 heterocycles. The molecule has 3 aromatic heterocycles. The maximum absolute atomic E-state index is 13.2. The van der Waals surface area contributed by atoms with Gasteiger partial charge in [0.1, 0.15) is 47.9 Å². The van der Waals surface area contributed by atoms with Crippen LogP contribution in [0.4, 0.5) is 5.13 Å². The number of hydrogen-bond acceptors (Lipinski definition) is 10. The number of β-lactam (4-membered cyclic amide) rings is 1. The van der Waals surface area contributed by atoms with E-state index in [0.29, 0.717) is 16.3 Å². The Labute approximate surface area is 245 Å². The number of carbonyl (C=O) groups is 4. The zero-order valence-corrected chi connectivity index (χ0v) is 23.9. The molecule has 0 bridgehead atoms. The number of rotatable bonds is 9. The summed E-state index contributed by atoms with van der Waals surface area (Å²) >= 11 is 8.39. The molecule has 2 aliphatic heterocycles. The number of imidazole rings is 1. The number of thiazole rings is 1. The second-order valence-electron chi connectivity index (χ2n) is 9.57. The monoisotopic (exact) mass is 620 g/mol. The van der Waals surface area contributed by atoms with Crippen LogP contribution in [-0.4, -0.2) is 76.7 Å². The third kappa shape index (κ3) is 5.32. The number of thioether (sulfide) groups is 1. The number of hydrogen-bond donors (Lipinski definition) is 4. The van der Waals surface area contributed by atoms with Crippen LogP contribution in [0, 0.1) is 0 Å². The summed E-state index contributed by atoms with van der Waals surface area (Å²) in [6.07, 6.45) is 5.30. The average molecular weight is 621 g/mol. The highest BCUT2D eigenvalue weighted by Crippen LogP contribution is 2.40. The second kappa shape index (κ2) is 10.7. The molecule has 2 aliphatic rings. The molecule has 0 aliphatic carbocycles. The van der Waals surface area contributed by atoms with Gasteiger partial charge in [-0.2, -0.15) is 0 Å². The SMILES string of the molecule is CC(C)(O/N=C(\C(=O)N[C@@H]1C(=O)N2C(C(=O)O)=C(C[n+]3ccn4cc(Cl)ccc43)CS[C@@H]12)c1csc(N)n1)C(=O)O. The average Bonchev–Trinajstić information content (AvgIpc) is 3.52. The summed E-state index contributed by atoms with van der Waals surface area (Å²) in [7, 11) is 0. The first-order valence-electron chi connectivity index (χ1n) is 11.9. The van der Waals surface area contributed by atoms with Gasteiger partial charge in [0.2, 0.25) is 5.60 Å². The van der Waals surface area contributed by atoms with Crippen molar-refractivity contribution in [3.05, 3.63) is 58.1 Å². The lowest BCUT2D eigenvalue weighted by Crippen LogP contribution is -2.71. The molecule has 214 valence electrons. The molecule has 17 heteroatoms. The summed E-state index contributed by atoms with van der Waals surface area (Å²) in [6, 6.07) is 2.46. The van der Waals surface area contributed by atoms with Crippen molar-refractivity contribution in [2.24, 2.45) is 5.16 Å². The lowest BCUT2D eigenvalue weighted by Gasteiger charge is -2.49. The number of fused-ring (bicyclic) bond motifs is 2. The van der Waals surface area contributed by atoms with Gasteiger partial charge in [-0.1, -0.05) is 16.8 Å². The largest absolute Gasteiger partial charge is 0.478 e. The smallest absolute Gasteiger partial charge is 0.352 e. The molecule has 1 saturated heterocycles. The topological polar surface area (TPSA) is 193 Å². The van der Waals surface area contributed by atoms with E-state index < -0.39 is 40.8 Å². The molecular formula is C24H23ClN7O7S2+. The molecule has 14 nitrogen and oxygen atoms in total. The molecule has 0 saturated carbocycles. The van der Waals surface area contributed by atoms with Gasteiger partial charge in [0.15, 0.2) is 10.8 Å². The van der Waals surface area contributed by atoms with Gasteiger partial charge in [-0.05, 0) is 19.9 Å². The van der Waals surface area contributed by atoms with E-state index in [4.69, 9.17) is 22.2 Å². The molecule has 5 rings (SSSR count). The van der Waals surface area contributed by atoms with E-state index in [1.54, 1.807) is 35.1 Å². The number of pyridine rings is 1. The number of aromatic nitrogens is 3. The zero-order valence-electron chi connectivity index (χ0n) is 21.5. The first kappa shape index (κ1) is 28.4. The maximum atomic E-state index is 13.2. The highest BCUT2D eigenvalue weighted by atomic mass is 35.5. The van der Waals surface area contributed by atoms with Crippen LogP contribution in [0.25, 0.3) is 5.65 Å².